The summed E-state index contributed by atoms with van der Waals surface area (Å²) in [6.45, 7) is 1.19. The van der Waals surface area contributed by atoms with Crippen LogP contribution < -0.4 is 19.1 Å². The third-order valence-electron chi connectivity index (χ3n) is 5.31. The number of hydrogen-bond acceptors (Lipinski definition) is 8. The van der Waals surface area contributed by atoms with E-state index in [4.69, 9.17) is 14.2 Å². The van der Waals surface area contributed by atoms with E-state index in [9.17, 15) is 4.39 Å². The van der Waals surface area contributed by atoms with E-state index in [0.717, 1.165) is 17.5 Å². The maximum Gasteiger partial charge on any atom is 0.311 e. The molecule has 5 rings (SSSR count). The Kier molecular flexibility index (Phi) is 4.85. The molecule has 3 heterocycles. The molecule has 1 aliphatic heterocycles. The maximum absolute atomic E-state index is 14.2. The molecular formula is C22H20FN5O3. The van der Waals surface area contributed by atoms with Crippen LogP contribution in [0.3, 0.4) is 0 Å². The van der Waals surface area contributed by atoms with E-state index in [1.807, 2.05) is 29.2 Å². The van der Waals surface area contributed by atoms with E-state index in [1.165, 1.54) is 7.11 Å². The first-order valence-electron chi connectivity index (χ1n) is 9.87. The van der Waals surface area contributed by atoms with Crippen LogP contribution in [0.25, 0.3) is 21.9 Å². The number of rotatable bonds is 5. The highest BCUT2D eigenvalue weighted by Crippen LogP contribution is 2.36. The first-order chi connectivity index (χ1) is 15.1. The standard InChI is InChI=1S/C22H20FN5O3/c1-29-18-9-14-17(10-19(18)30-2)26-22(23)27-21(14)28-8-7-13(12-28)31-20-11-24-15-5-3-4-6-16(15)25-20/h3-6,9-11,13H,7-8,12H2,1-2H3/t13-/m1/s1. The first kappa shape index (κ1) is 19.2. The predicted molar refractivity (Wildman–Crippen MR) is 113 cm³/mol. The summed E-state index contributed by atoms with van der Waals surface area (Å²) < 4.78 is 31.0. The molecule has 1 fully saturated rings. The Morgan fingerprint density at radius 2 is 1.74 bits per heavy atom. The van der Waals surface area contributed by atoms with Crippen molar-refractivity contribution in [2.45, 2.75) is 12.5 Å². The minimum Gasteiger partial charge on any atom is -0.493 e. The monoisotopic (exact) mass is 421 g/mol. The van der Waals surface area contributed by atoms with Crippen molar-refractivity contribution in [3.8, 4) is 17.4 Å². The zero-order valence-electron chi connectivity index (χ0n) is 17.1. The second-order valence-electron chi connectivity index (χ2n) is 7.21. The Morgan fingerprint density at radius 3 is 2.55 bits per heavy atom. The number of halogens is 1. The van der Waals surface area contributed by atoms with Gasteiger partial charge in [0.05, 0.1) is 43.5 Å². The normalized spacial score (nSPS) is 16.1. The summed E-state index contributed by atoms with van der Waals surface area (Å²) in [5, 5.41) is 0.685. The first-order valence-corrected chi connectivity index (χ1v) is 9.87. The molecule has 0 unspecified atom stereocenters. The van der Waals surface area contributed by atoms with Crippen molar-refractivity contribution >= 4 is 27.8 Å². The predicted octanol–water partition coefficient (Wildman–Crippen LogP) is 3.39. The van der Waals surface area contributed by atoms with Crippen LogP contribution in [0.15, 0.2) is 42.6 Å². The molecule has 0 spiro atoms. The summed E-state index contributed by atoms with van der Waals surface area (Å²) in [6, 6.07) is 11.1. The molecule has 0 radical (unpaired) electrons. The van der Waals surface area contributed by atoms with Crippen LogP contribution in [-0.2, 0) is 0 Å². The number of para-hydroxylation sites is 2. The zero-order chi connectivity index (χ0) is 21.4. The quantitative estimate of drug-likeness (QED) is 0.454. The summed E-state index contributed by atoms with van der Waals surface area (Å²) in [5.74, 6) is 1.98. The van der Waals surface area contributed by atoms with E-state index in [-0.39, 0.29) is 6.10 Å². The van der Waals surface area contributed by atoms with Gasteiger partial charge in [-0.25, -0.2) is 15.0 Å². The molecule has 0 saturated carbocycles. The van der Waals surface area contributed by atoms with Gasteiger partial charge >= 0.3 is 6.08 Å². The Bertz CT molecular complexity index is 1270. The number of nitrogens with zero attached hydrogens (tertiary/aromatic N) is 5. The van der Waals surface area contributed by atoms with E-state index < -0.39 is 6.08 Å². The molecule has 4 aromatic rings. The Hall–Kier alpha value is -3.75. The van der Waals surface area contributed by atoms with Crippen LogP contribution in [0.5, 0.6) is 17.4 Å². The SMILES string of the molecule is COc1cc2nc(F)nc(N3CC[C@@H](Oc4cnc5ccccc5n4)C3)c2cc1OC. The van der Waals surface area contributed by atoms with E-state index in [2.05, 4.69) is 19.9 Å². The maximum atomic E-state index is 14.2. The van der Waals surface area contributed by atoms with Gasteiger partial charge in [0.15, 0.2) is 11.5 Å². The van der Waals surface area contributed by atoms with E-state index >= 15 is 0 Å². The van der Waals surface area contributed by atoms with Crippen LogP contribution >= 0.6 is 0 Å². The van der Waals surface area contributed by atoms with Gasteiger partial charge in [-0.3, -0.25) is 0 Å². The van der Waals surface area contributed by atoms with Crippen molar-refractivity contribution in [3.05, 3.63) is 48.7 Å². The number of benzene rings is 2. The number of ether oxygens (including phenoxy) is 3. The summed E-state index contributed by atoms with van der Waals surface area (Å²) in [7, 11) is 3.08. The van der Waals surface area contributed by atoms with Crippen molar-refractivity contribution in [3.63, 3.8) is 0 Å². The molecule has 0 N–H and O–H groups in total. The second-order valence-corrected chi connectivity index (χ2v) is 7.21. The highest BCUT2D eigenvalue weighted by molar-refractivity contribution is 5.92. The van der Waals surface area contributed by atoms with E-state index in [1.54, 1.807) is 25.4 Å². The number of methoxy groups -OCH3 is 2. The van der Waals surface area contributed by atoms with Crippen molar-refractivity contribution < 1.29 is 18.6 Å². The molecule has 9 heteroatoms. The molecule has 1 atom stereocenters. The van der Waals surface area contributed by atoms with Crippen LogP contribution in [0, 0.1) is 6.08 Å². The smallest absolute Gasteiger partial charge is 0.311 e. The highest BCUT2D eigenvalue weighted by Gasteiger charge is 2.28. The van der Waals surface area contributed by atoms with Gasteiger partial charge in [-0.2, -0.15) is 9.37 Å². The molecule has 1 saturated heterocycles. The molecule has 8 nitrogen and oxygen atoms in total. The molecule has 0 amide bonds. The van der Waals surface area contributed by atoms with Crippen LogP contribution in [-0.4, -0.2) is 53.3 Å². The van der Waals surface area contributed by atoms with Crippen LogP contribution in [0.4, 0.5) is 10.2 Å². The van der Waals surface area contributed by atoms with Gasteiger partial charge in [0.1, 0.15) is 11.9 Å². The average Bonchev–Trinajstić information content (AvgIpc) is 3.25. The Morgan fingerprint density at radius 1 is 0.968 bits per heavy atom. The molecule has 2 aromatic carbocycles. The Balaban J connectivity index is 1.42. The third-order valence-corrected chi connectivity index (χ3v) is 5.31. The molecule has 31 heavy (non-hydrogen) atoms. The lowest BCUT2D eigenvalue weighted by Gasteiger charge is -2.20. The van der Waals surface area contributed by atoms with Gasteiger partial charge in [-0.1, -0.05) is 12.1 Å². The average molecular weight is 421 g/mol. The van der Waals surface area contributed by atoms with E-state index in [0.29, 0.717) is 47.2 Å². The molecular weight excluding hydrogens is 401 g/mol. The molecule has 2 aromatic heterocycles. The van der Waals surface area contributed by atoms with Crippen molar-refractivity contribution in [1.29, 1.82) is 0 Å². The third kappa shape index (κ3) is 3.63. The van der Waals surface area contributed by atoms with Crippen molar-refractivity contribution in [2.75, 3.05) is 32.2 Å². The van der Waals surface area contributed by atoms with Crippen molar-refractivity contribution in [1.82, 2.24) is 19.9 Å². The molecule has 0 aliphatic carbocycles. The minimum absolute atomic E-state index is 0.122. The largest absolute Gasteiger partial charge is 0.493 e. The topological polar surface area (TPSA) is 82.5 Å². The fourth-order valence-electron chi connectivity index (χ4n) is 3.84. The highest BCUT2D eigenvalue weighted by atomic mass is 19.1. The van der Waals surface area contributed by atoms with Crippen molar-refractivity contribution in [2.24, 2.45) is 0 Å². The van der Waals surface area contributed by atoms with Gasteiger partial charge in [-0.15, -0.1) is 0 Å². The minimum atomic E-state index is -0.792. The number of fused-ring (bicyclic) bond motifs is 2. The number of anilines is 1. The molecule has 0 bridgehead atoms. The lowest BCUT2D eigenvalue weighted by Crippen LogP contribution is -2.26. The van der Waals surface area contributed by atoms with Gasteiger partial charge < -0.3 is 19.1 Å². The number of aromatic nitrogens is 4. The fraction of sp³-hybridized carbons (Fsp3) is 0.273. The van der Waals surface area contributed by atoms with Gasteiger partial charge in [0.25, 0.3) is 0 Å². The zero-order valence-corrected chi connectivity index (χ0v) is 17.1. The summed E-state index contributed by atoms with van der Waals surface area (Å²) in [4.78, 5) is 18.9. The van der Waals surface area contributed by atoms with Crippen LogP contribution in [0.2, 0.25) is 0 Å². The molecule has 1 aliphatic rings. The Labute approximate surface area is 177 Å². The number of hydrogen-bond donors (Lipinski definition) is 0. The summed E-state index contributed by atoms with van der Waals surface area (Å²) in [6.07, 6.45) is 1.46. The lowest BCUT2D eigenvalue weighted by atomic mass is 10.2. The molecule has 158 valence electrons. The fourth-order valence-corrected chi connectivity index (χ4v) is 3.84. The van der Waals surface area contributed by atoms with Gasteiger partial charge in [-0.05, 0) is 18.2 Å². The van der Waals surface area contributed by atoms with Crippen LogP contribution in [0.1, 0.15) is 6.42 Å². The van der Waals surface area contributed by atoms with Gasteiger partial charge in [0, 0.05) is 24.4 Å². The second kappa shape index (κ2) is 7.82. The van der Waals surface area contributed by atoms with Gasteiger partial charge in [0.2, 0.25) is 5.88 Å². The summed E-state index contributed by atoms with van der Waals surface area (Å²) in [5.41, 5.74) is 2.04. The lowest BCUT2D eigenvalue weighted by molar-refractivity contribution is 0.215. The summed E-state index contributed by atoms with van der Waals surface area (Å²) >= 11 is 0.